The molecule has 1 amide bonds. The fraction of sp³-hybridized carbons (Fsp3) is 0.667. The molecule has 6 heteroatoms. The first-order valence-electron chi connectivity index (χ1n) is 7.48. The third kappa shape index (κ3) is 3.10. The third-order valence-corrected chi connectivity index (χ3v) is 5.35. The Hall–Kier alpha value is -1.43. The minimum Gasteiger partial charge on any atom is -0.492 e. The largest absolute Gasteiger partial charge is 0.492 e. The van der Waals surface area contributed by atoms with Crippen LogP contribution in [0.25, 0.3) is 0 Å². The van der Waals surface area contributed by atoms with Crippen LogP contribution in [0.1, 0.15) is 36.9 Å². The van der Waals surface area contributed by atoms with E-state index in [1.165, 1.54) is 11.3 Å². The number of anilines is 2. The molecule has 1 aromatic heterocycles. The predicted octanol–water partition coefficient (Wildman–Crippen LogP) is 2.57. The van der Waals surface area contributed by atoms with Crippen molar-refractivity contribution in [1.82, 2.24) is 5.32 Å². The molecule has 2 atom stereocenters. The van der Waals surface area contributed by atoms with Gasteiger partial charge in [0.05, 0.1) is 7.11 Å². The molecular formula is C15H25N3O2S. The van der Waals surface area contributed by atoms with Crippen molar-refractivity contribution in [3.05, 3.63) is 4.88 Å². The van der Waals surface area contributed by atoms with Crippen LogP contribution >= 0.6 is 11.3 Å². The number of nitrogen functional groups attached to an aromatic ring is 1. The van der Waals surface area contributed by atoms with Gasteiger partial charge in [-0.05, 0) is 18.3 Å². The van der Waals surface area contributed by atoms with Crippen LogP contribution in [0.5, 0.6) is 5.75 Å². The lowest BCUT2D eigenvalue weighted by molar-refractivity contribution is 0.0958. The molecule has 0 spiro atoms. The van der Waals surface area contributed by atoms with E-state index >= 15 is 0 Å². The van der Waals surface area contributed by atoms with E-state index in [2.05, 4.69) is 24.1 Å². The summed E-state index contributed by atoms with van der Waals surface area (Å²) < 4.78 is 5.46. The Morgan fingerprint density at radius 1 is 1.43 bits per heavy atom. The summed E-state index contributed by atoms with van der Waals surface area (Å²) in [6, 6.07) is 0. The second-order valence-electron chi connectivity index (χ2n) is 5.80. The summed E-state index contributed by atoms with van der Waals surface area (Å²) in [4.78, 5) is 15.0. The van der Waals surface area contributed by atoms with E-state index < -0.39 is 0 Å². The van der Waals surface area contributed by atoms with E-state index in [4.69, 9.17) is 10.5 Å². The number of ether oxygens (including phenoxy) is 1. The second-order valence-corrected chi connectivity index (χ2v) is 6.80. The van der Waals surface area contributed by atoms with Gasteiger partial charge in [0.25, 0.3) is 5.91 Å². The van der Waals surface area contributed by atoms with Gasteiger partial charge in [-0.2, -0.15) is 0 Å². The highest BCUT2D eigenvalue weighted by Crippen LogP contribution is 2.46. The lowest BCUT2D eigenvalue weighted by atomic mass is 10.0. The molecule has 1 fully saturated rings. The van der Waals surface area contributed by atoms with Gasteiger partial charge in [-0.15, -0.1) is 11.3 Å². The molecule has 0 bridgehead atoms. The molecule has 0 radical (unpaired) electrons. The molecule has 1 aromatic rings. The molecule has 1 aliphatic rings. The van der Waals surface area contributed by atoms with Crippen LogP contribution in [-0.4, -0.2) is 32.7 Å². The number of hydrogen-bond acceptors (Lipinski definition) is 5. The zero-order chi connectivity index (χ0) is 15.6. The van der Waals surface area contributed by atoms with Crippen molar-refractivity contribution in [3.63, 3.8) is 0 Å². The topological polar surface area (TPSA) is 67.6 Å². The minimum atomic E-state index is -0.107. The van der Waals surface area contributed by atoms with Gasteiger partial charge in [-0.1, -0.05) is 20.8 Å². The molecule has 0 saturated carbocycles. The Morgan fingerprint density at radius 3 is 2.57 bits per heavy atom. The van der Waals surface area contributed by atoms with Crippen molar-refractivity contribution in [1.29, 1.82) is 0 Å². The number of nitrogens with zero attached hydrogens (tertiary/aromatic N) is 1. The Morgan fingerprint density at radius 2 is 2.05 bits per heavy atom. The average Bonchev–Trinajstić information content (AvgIpc) is 2.96. The lowest BCUT2D eigenvalue weighted by Gasteiger charge is -2.17. The number of thiophene rings is 1. The molecule has 1 saturated heterocycles. The molecule has 2 unspecified atom stereocenters. The van der Waals surface area contributed by atoms with Crippen LogP contribution in [0, 0.1) is 11.8 Å². The number of methoxy groups -OCH3 is 1. The summed E-state index contributed by atoms with van der Waals surface area (Å²) in [7, 11) is 1.61. The lowest BCUT2D eigenvalue weighted by Crippen LogP contribution is -2.23. The van der Waals surface area contributed by atoms with E-state index in [0.29, 0.717) is 34.7 Å². The summed E-state index contributed by atoms with van der Waals surface area (Å²) in [5.41, 5.74) is 6.58. The van der Waals surface area contributed by atoms with Gasteiger partial charge in [0, 0.05) is 19.6 Å². The molecule has 0 aromatic carbocycles. The van der Waals surface area contributed by atoms with E-state index in [0.717, 1.165) is 24.5 Å². The maximum atomic E-state index is 12.2. The quantitative estimate of drug-likeness (QED) is 0.877. The van der Waals surface area contributed by atoms with Crippen molar-refractivity contribution in [3.8, 4) is 5.75 Å². The second kappa shape index (κ2) is 6.56. The standard InChI is InChI=1S/C15H25N3O2S/c1-5-6-17-14(19)13-11(16)12(20-4)15(21-13)18-7-9(2)10(3)8-18/h9-10H,5-8,16H2,1-4H3,(H,17,19). The summed E-state index contributed by atoms with van der Waals surface area (Å²) >= 11 is 1.43. The first-order chi connectivity index (χ1) is 9.99. The van der Waals surface area contributed by atoms with Crippen molar-refractivity contribution in [2.45, 2.75) is 27.2 Å². The van der Waals surface area contributed by atoms with Gasteiger partial charge in [-0.3, -0.25) is 4.79 Å². The third-order valence-electron chi connectivity index (χ3n) is 4.10. The fourth-order valence-corrected chi connectivity index (χ4v) is 3.73. The van der Waals surface area contributed by atoms with E-state index in [-0.39, 0.29) is 5.91 Å². The van der Waals surface area contributed by atoms with Gasteiger partial charge < -0.3 is 20.7 Å². The Bertz CT molecular complexity index is 505. The zero-order valence-electron chi connectivity index (χ0n) is 13.2. The van der Waals surface area contributed by atoms with Crippen molar-refractivity contribution >= 4 is 27.9 Å². The van der Waals surface area contributed by atoms with Crippen molar-refractivity contribution < 1.29 is 9.53 Å². The van der Waals surface area contributed by atoms with Crippen LogP contribution in [0.4, 0.5) is 10.7 Å². The number of nitrogens with one attached hydrogen (secondary N) is 1. The highest BCUT2D eigenvalue weighted by Gasteiger charge is 2.32. The van der Waals surface area contributed by atoms with E-state index in [1.54, 1.807) is 7.11 Å². The molecule has 1 aliphatic heterocycles. The monoisotopic (exact) mass is 311 g/mol. The van der Waals surface area contributed by atoms with Crippen LogP contribution < -0.4 is 20.7 Å². The van der Waals surface area contributed by atoms with Crippen molar-refractivity contribution in [2.75, 3.05) is 37.4 Å². The maximum absolute atomic E-state index is 12.2. The van der Waals surface area contributed by atoms with Crippen LogP contribution in [0.15, 0.2) is 0 Å². The normalized spacial score (nSPS) is 21.6. The Kier molecular flexibility index (Phi) is 4.98. The number of carbonyl (C=O) groups excluding carboxylic acids is 1. The van der Waals surface area contributed by atoms with Crippen LogP contribution in [0.2, 0.25) is 0 Å². The Balaban J connectivity index is 2.28. The van der Waals surface area contributed by atoms with Gasteiger partial charge in [0.1, 0.15) is 15.6 Å². The first-order valence-corrected chi connectivity index (χ1v) is 8.30. The number of nitrogens with two attached hydrogens (primary N) is 1. The molecule has 5 nitrogen and oxygen atoms in total. The van der Waals surface area contributed by atoms with Gasteiger partial charge in [0.15, 0.2) is 5.75 Å². The molecule has 2 heterocycles. The van der Waals surface area contributed by atoms with Crippen LogP contribution in [0.3, 0.4) is 0 Å². The van der Waals surface area contributed by atoms with E-state index in [1.807, 2.05) is 6.92 Å². The van der Waals surface area contributed by atoms with Gasteiger partial charge in [0.2, 0.25) is 0 Å². The first kappa shape index (κ1) is 15.9. The summed E-state index contributed by atoms with van der Waals surface area (Å²) in [6.07, 6.45) is 0.905. The van der Waals surface area contributed by atoms with Crippen molar-refractivity contribution in [2.24, 2.45) is 11.8 Å². The maximum Gasteiger partial charge on any atom is 0.263 e. The summed E-state index contributed by atoms with van der Waals surface area (Å²) in [5.74, 6) is 1.80. The SMILES string of the molecule is CCCNC(=O)c1sc(N2CC(C)C(C)C2)c(OC)c1N. The molecular weight excluding hydrogens is 286 g/mol. The smallest absolute Gasteiger partial charge is 0.263 e. The highest BCUT2D eigenvalue weighted by molar-refractivity contribution is 7.19. The van der Waals surface area contributed by atoms with E-state index in [9.17, 15) is 4.79 Å². The number of amides is 1. The van der Waals surface area contributed by atoms with Gasteiger partial charge in [-0.25, -0.2) is 0 Å². The molecule has 118 valence electrons. The summed E-state index contributed by atoms with van der Waals surface area (Å²) in [6.45, 7) is 9.15. The number of rotatable bonds is 5. The zero-order valence-corrected chi connectivity index (χ0v) is 14.0. The summed E-state index contributed by atoms with van der Waals surface area (Å²) in [5, 5.41) is 3.86. The molecule has 3 N–H and O–H groups in total. The number of hydrogen-bond donors (Lipinski definition) is 2. The minimum absolute atomic E-state index is 0.107. The molecule has 21 heavy (non-hydrogen) atoms. The molecule has 0 aliphatic carbocycles. The highest BCUT2D eigenvalue weighted by atomic mass is 32.1. The van der Waals surface area contributed by atoms with Gasteiger partial charge >= 0.3 is 0 Å². The Labute approximate surface area is 130 Å². The predicted molar refractivity (Wildman–Crippen MR) is 88.4 cm³/mol. The van der Waals surface area contributed by atoms with Crippen LogP contribution in [-0.2, 0) is 0 Å². The number of carbonyl (C=O) groups is 1. The molecule has 2 rings (SSSR count). The average molecular weight is 311 g/mol. The fourth-order valence-electron chi connectivity index (χ4n) is 2.60.